The quantitative estimate of drug-likeness (QED) is 0.799. The number of benzene rings is 1. The first-order valence-electron chi connectivity index (χ1n) is 6.94. The molecule has 0 fully saturated rings. The lowest BCUT2D eigenvalue weighted by Crippen LogP contribution is -2.23. The van der Waals surface area contributed by atoms with E-state index in [-0.39, 0.29) is 0 Å². The van der Waals surface area contributed by atoms with Crippen LogP contribution in [0, 0.1) is 5.41 Å². The maximum atomic E-state index is 5.52. The lowest BCUT2D eigenvalue weighted by Gasteiger charge is -2.25. The fourth-order valence-electron chi connectivity index (χ4n) is 2.16. The Balaban J connectivity index is 2.91. The third-order valence-electron chi connectivity index (χ3n) is 3.20. The number of nitrogens with one attached hydrogen (secondary N) is 1. The molecule has 3 heteroatoms. The maximum absolute atomic E-state index is 5.52. The van der Waals surface area contributed by atoms with Crippen LogP contribution in [0.1, 0.15) is 52.1 Å². The van der Waals surface area contributed by atoms with Gasteiger partial charge in [-0.05, 0) is 36.9 Å². The lowest BCUT2D eigenvalue weighted by atomic mass is 9.87. The molecule has 1 N–H and O–H groups in total. The molecule has 0 saturated carbocycles. The SMILES string of the molecule is CCNC(CCC(C)(C)C)c1ccc(Br)cc1OC. The van der Waals surface area contributed by atoms with Crippen LogP contribution in [0.4, 0.5) is 0 Å². The van der Waals surface area contributed by atoms with Crippen molar-refractivity contribution in [2.24, 2.45) is 5.41 Å². The number of hydrogen-bond acceptors (Lipinski definition) is 2. The molecule has 0 aliphatic rings. The van der Waals surface area contributed by atoms with Gasteiger partial charge in [0.15, 0.2) is 0 Å². The molecule has 0 heterocycles. The molecule has 1 aromatic carbocycles. The van der Waals surface area contributed by atoms with Crippen LogP contribution in [-0.4, -0.2) is 13.7 Å². The first-order chi connectivity index (χ1) is 8.87. The molecule has 108 valence electrons. The second kappa shape index (κ2) is 7.30. The van der Waals surface area contributed by atoms with Crippen molar-refractivity contribution in [1.29, 1.82) is 0 Å². The molecule has 1 unspecified atom stereocenters. The van der Waals surface area contributed by atoms with Gasteiger partial charge in [0.05, 0.1) is 7.11 Å². The van der Waals surface area contributed by atoms with Crippen LogP contribution < -0.4 is 10.1 Å². The van der Waals surface area contributed by atoms with Gasteiger partial charge < -0.3 is 10.1 Å². The zero-order valence-corrected chi connectivity index (χ0v) is 14.3. The average molecular weight is 328 g/mol. The molecular formula is C16H26BrNO. The minimum absolute atomic E-state index is 0.354. The van der Waals surface area contributed by atoms with Crippen LogP contribution in [0.15, 0.2) is 22.7 Å². The predicted octanol–water partition coefficient (Wildman–Crippen LogP) is 4.93. The van der Waals surface area contributed by atoms with Crippen LogP contribution >= 0.6 is 15.9 Å². The summed E-state index contributed by atoms with van der Waals surface area (Å²) in [5.74, 6) is 0.953. The zero-order chi connectivity index (χ0) is 14.5. The summed E-state index contributed by atoms with van der Waals surface area (Å²) in [4.78, 5) is 0. The van der Waals surface area contributed by atoms with Crippen molar-refractivity contribution in [1.82, 2.24) is 5.32 Å². The van der Waals surface area contributed by atoms with Crippen molar-refractivity contribution in [3.63, 3.8) is 0 Å². The van der Waals surface area contributed by atoms with Gasteiger partial charge in [0.1, 0.15) is 5.75 Å². The van der Waals surface area contributed by atoms with Crippen LogP contribution in [0.25, 0.3) is 0 Å². The first kappa shape index (κ1) is 16.5. The molecule has 0 aliphatic heterocycles. The summed E-state index contributed by atoms with van der Waals surface area (Å²) >= 11 is 3.50. The standard InChI is InChI=1S/C16H26BrNO/c1-6-18-14(9-10-16(2,3)4)13-8-7-12(17)11-15(13)19-5/h7-8,11,14,18H,6,9-10H2,1-5H3. The maximum Gasteiger partial charge on any atom is 0.124 e. The molecule has 2 nitrogen and oxygen atoms in total. The second-order valence-electron chi connectivity index (χ2n) is 6.10. The van der Waals surface area contributed by atoms with Gasteiger partial charge in [-0.25, -0.2) is 0 Å². The molecular weight excluding hydrogens is 302 g/mol. The summed E-state index contributed by atoms with van der Waals surface area (Å²) in [6.07, 6.45) is 2.30. The fraction of sp³-hybridized carbons (Fsp3) is 0.625. The highest BCUT2D eigenvalue weighted by Gasteiger charge is 2.19. The van der Waals surface area contributed by atoms with Gasteiger partial charge in [-0.3, -0.25) is 0 Å². The third-order valence-corrected chi connectivity index (χ3v) is 3.70. The van der Waals surface area contributed by atoms with E-state index in [0.29, 0.717) is 11.5 Å². The summed E-state index contributed by atoms with van der Waals surface area (Å²) in [6, 6.07) is 6.63. The lowest BCUT2D eigenvalue weighted by molar-refractivity contribution is 0.327. The summed E-state index contributed by atoms with van der Waals surface area (Å²) in [5, 5.41) is 3.57. The van der Waals surface area contributed by atoms with Crippen LogP contribution in [0.3, 0.4) is 0 Å². The Morgan fingerprint density at radius 1 is 1.32 bits per heavy atom. The molecule has 0 saturated heterocycles. The third kappa shape index (κ3) is 5.53. The molecule has 0 radical (unpaired) electrons. The highest BCUT2D eigenvalue weighted by molar-refractivity contribution is 9.10. The largest absolute Gasteiger partial charge is 0.496 e. The second-order valence-corrected chi connectivity index (χ2v) is 7.01. The molecule has 19 heavy (non-hydrogen) atoms. The molecule has 0 aliphatic carbocycles. The van der Waals surface area contributed by atoms with Crippen molar-refractivity contribution >= 4 is 15.9 Å². The topological polar surface area (TPSA) is 21.3 Å². The Kier molecular flexibility index (Phi) is 6.34. The number of ether oxygens (including phenoxy) is 1. The van der Waals surface area contributed by atoms with Gasteiger partial charge in [0.25, 0.3) is 0 Å². The number of halogens is 1. The smallest absolute Gasteiger partial charge is 0.124 e. The normalized spacial score (nSPS) is 13.4. The average Bonchev–Trinajstić information content (AvgIpc) is 2.33. The van der Waals surface area contributed by atoms with Crippen molar-refractivity contribution in [3.05, 3.63) is 28.2 Å². The van der Waals surface area contributed by atoms with Crippen molar-refractivity contribution in [2.45, 2.75) is 46.6 Å². The molecule has 0 amide bonds. The Labute approximate surface area is 126 Å². The van der Waals surface area contributed by atoms with Crippen molar-refractivity contribution in [3.8, 4) is 5.75 Å². The van der Waals surface area contributed by atoms with Gasteiger partial charge >= 0.3 is 0 Å². The summed E-state index contributed by atoms with van der Waals surface area (Å²) < 4.78 is 6.57. The van der Waals surface area contributed by atoms with E-state index in [1.54, 1.807) is 7.11 Å². The van der Waals surface area contributed by atoms with E-state index in [0.717, 1.165) is 23.2 Å². The van der Waals surface area contributed by atoms with E-state index in [9.17, 15) is 0 Å². The Morgan fingerprint density at radius 3 is 2.53 bits per heavy atom. The zero-order valence-electron chi connectivity index (χ0n) is 12.7. The van der Waals surface area contributed by atoms with Gasteiger partial charge in [0, 0.05) is 16.1 Å². The van der Waals surface area contributed by atoms with Crippen molar-refractivity contribution < 1.29 is 4.74 Å². The molecule has 1 atom stereocenters. The fourth-order valence-corrected chi connectivity index (χ4v) is 2.50. The van der Waals surface area contributed by atoms with E-state index in [1.807, 2.05) is 6.07 Å². The number of hydrogen-bond donors (Lipinski definition) is 1. The van der Waals surface area contributed by atoms with Gasteiger partial charge in [0.2, 0.25) is 0 Å². The minimum Gasteiger partial charge on any atom is -0.496 e. The Morgan fingerprint density at radius 2 is 2.00 bits per heavy atom. The highest BCUT2D eigenvalue weighted by Crippen LogP contribution is 2.33. The summed E-state index contributed by atoms with van der Waals surface area (Å²) in [7, 11) is 1.73. The molecule has 0 spiro atoms. The van der Waals surface area contributed by atoms with E-state index in [4.69, 9.17) is 4.74 Å². The van der Waals surface area contributed by atoms with E-state index in [2.05, 4.69) is 61.1 Å². The molecule has 1 rings (SSSR count). The van der Waals surface area contributed by atoms with Crippen molar-refractivity contribution in [2.75, 3.05) is 13.7 Å². The van der Waals surface area contributed by atoms with Gasteiger partial charge in [-0.2, -0.15) is 0 Å². The molecule has 0 bridgehead atoms. The Bertz CT molecular complexity index is 398. The van der Waals surface area contributed by atoms with Crippen LogP contribution in [-0.2, 0) is 0 Å². The van der Waals surface area contributed by atoms with Gasteiger partial charge in [-0.15, -0.1) is 0 Å². The molecule has 0 aromatic heterocycles. The van der Waals surface area contributed by atoms with Gasteiger partial charge in [-0.1, -0.05) is 49.7 Å². The van der Waals surface area contributed by atoms with Crippen LogP contribution in [0.2, 0.25) is 0 Å². The summed E-state index contributed by atoms with van der Waals surface area (Å²) in [5.41, 5.74) is 1.60. The van der Waals surface area contributed by atoms with E-state index >= 15 is 0 Å². The van der Waals surface area contributed by atoms with E-state index < -0.39 is 0 Å². The number of methoxy groups -OCH3 is 1. The molecule has 1 aromatic rings. The monoisotopic (exact) mass is 327 g/mol. The highest BCUT2D eigenvalue weighted by atomic mass is 79.9. The number of rotatable bonds is 6. The van der Waals surface area contributed by atoms with E-state index in [1.165, 1.54) is 12.0 Å². The predicted molar refractivity (Wildman–Crippen MR) is 85.8 cm³/mol. The Hall–Kier alpha value is -0.540. The van der Waals surface area contributed by atoms with Crippen LogP contribution in [0.5, 0.6) is 5.75 Å². The summed E-state index contributed by atoms with van der Waals surface area (Å²) in [6.45, 7) is 9.97. The first-order valence-corrected chi connectivity index (χ1v) is 7.73. The minimum atomic E-state index is 0.354.